The molecular weight excluding hydrogens is 368 g/mol. The molecule has 1 saturated heterocycles. The molecule has 28 heavy (non-hydrogen) atoms. The summed E-state index contributed by atoms with van der Waals surface area (Å²) in [6, 6.07) is 10.8. The van der Waals surface area contributed by atoms with Gasteiger partial charge < -0.3 is 0 Å². The molecule has 1 unspecified atom stereocenters. The number of thiophene rings is 1. The highest BCUT2D eigenvalue weighted by atomic mass is 32.1. The zero-order valence-electron chi connectivity index (χ0n) is 15.8. The molecule has 4 aromatic heterocycles. The van der Waals surface area contributed by atoms with E-state index >= 15 is 0 Å². The molecule has 6 nitrogen and oxygen atoms in total. The van der Waals surface area contributed by atoms with E-state index in [0.29, 0.717) is 0 Å². The second-order valence-corrected chi connectivity index (χ2v) is 8.11. The molecular formula is C21H22N6S. The quantitative estimate of drug-likeness (QED) is 0.535. The van der Waals surface area contributed by atoms with Crippen molar-refractivity contribution in [2.75, 3.05) is 26.7 Å². The van der Waals surface area contributed by atoms with Crippen molar-refractivity contribution >= 4 is 16.9 Å². The zero-order valence-corrected chi connectivity index (χ0v) is 16.6. The van der Waals surface area contributed by atoms with Crippen molar-refractivity contribution in [3.63, 3.8) is 0 Å². The maximum atomic E-state index is 4.57. The molecule has 0 aliphatic carbocycles. The Labute approximate surface area is 168 Å². The third-order valence-corrected chi connectivity index (χ3v) is 6.15. The number of hydrogen-bond acceptors (Lipinski definition) is 6. The van der Waals surface area contributed by atoms with Crippen molar-refractivity contribution in [3.05, 3.63) is 70.9 Å². The fraction of sp³-hybridized carbons (Fsp3) is 0.286. The van der Waals surface area contributed by atoms with Crippen molar-refractivity contribution in [1.82, 2.24) is 29.6 Å². The van der Waals surface area contributed by atoms with E-state index in [1.165, 1.54) is 16.7 Å². The number of aromatic nitrogens is 4. The fourth-order valence-electron chi connectivity index (χ4n) is 3.87. The summed E-state index contributed by atoms with van der Waals surface area (Å²) in [7, 11) is 2.18. The maximum Gasteiger partial charge on any atom is 0.109 e. The molecule has 1 atom stereocenters. The Morgan fingerprint density at radius 2 is 2.11 bits per heavy atom. The summed E-state index contributed by atoms with van der Waals surface area (Å²) in [4.78, 5) is 9.11. The van der Waals surface area contributed by atoms with Gasteiger partial charge in [-0.1, -0.05) is 17.3 Å². The minimum atomic E-state index is 0.231. The first kappa shape index (κ1) is 17.5. The zero-order chi connectivity index (χ0) is 18.9. The second-order valence-electron chi connectivity index (χ2n) is 7.33. The minimum absolute atomic E-state index is 0.231. The number of pyridine rings is 2. The van der Waals surface area contributed by atoms with E-state index in [2.05, 4.69) is 73.4 Å². The molecule has 4 aromatic rings. The van der Waals surface area contributed by atoms with Crippen LogP contribution in [-0.2, 0) is 6.54 Å². The van der Waals surface area contributed by atoms with Crippen LogP contribution in [0.3, 0.4) is 0 Å². The van der Waals surface area contributed by atoms with E-state index in [9.17, 15) is 0 Å². The molecule has 7 heteroatoms. The molecule has 0 spiro atoms. The number of hydrogen-bond donors (Lipinski definition) is 0. The first-order valence-corrected chi connectivity index (χ1v) is 10.4. The molecule has 0 saturated carbocycles. The van der Waals surface area contributed by atoms with Gasteiger partial charge in [-0.2, -0.15) is 11.3 Å². The van der Waals surface area contributed by atoms with Gasteiger partial charge in [-0.05, 0) is 47.1 Å². The van der Waals surface area contributed by atoms with Crippen LogP contribution in [0.1, 0.15) is 17.3 Å². The number of piperazine rings is 1. The third-order valence-electron chi connectivity index (χ3n) is 5.47. The first-order chi connectivity index (χ1) is 13.8. The van der Waals surface area contributed by atoms with E-state index in [1.54, 1.807) is 11.3 Å². The van der Waals surface area contributed by atoms with E-state index in [0.717, 1.165) is 37.4 Å². The van der Waals surface area contributed by atoms with Crippen LogP contribution in [0.25, 0.3) is 16.6 Å². The fourth-order valence-corrected chi connectivity index (χ4v) is 4.53. The largest absolute Gasteiger partial charge is 0.296 e. The summed E-state index contributed by atoms with van der Waals surface area (Å²) in [5.41, 5.74) is 5.77. The van der Waals surface area contributed by atoms with E-state index in [4.69, 9.17) is 0 Å². The Bertz CT molecular complexity index is 1060. The standard InChI is InChI=1S/C21H22N6S/c1-25-8-9-26(12-16-3-2-7-22-11-16)14-20(25)21-19-5-4-17(13-27(19)24-23-21)18-6-10-28-15-18/h2-7,10-11,13,15,20H,8-9,12,14H2,1H3. The molecule has 5 rings (SSSR count). The van der Waals surface area contributed by atoms with Crippen LogP contribution in [0.15, 0.2) is 59.7 Å². The van der Waals surface area contributed by atoms with E-state index in [1.807, 2.05) is 23.0 Å². The van der Waals surface area contributed by atoms with Crippen molar-refractivity contribution in [2.45, 2.75) is 12.6 Å². The highest BCUT2D eigenvalue weighted by molar-refractivity contribution is 7.08. The topological polar surface area (TPSA) is 49.6 Å². The van der Waals surface area contributed by atoms with Crippen molar-refractivity contribution in [2.24, 2.45) is 0 Å². The number of fused-ring (bicyclic) bond motifs is 1. The predicted molar refractivity (Wildman–Crippen MR) is 111 cm³/mol. The summed E-state index contributed by atoms with van der Waals surface area (Å²) in [5, 5.41) is 13.2. The SMILES string of the molecule is CN1CCN(Cc2cccnc2)CC1c1nnn2cc(-c3ccsc3)ccc12. The van der Waals surface area contributed by atoms with Crippen LogP contribution in [0, 0.1) is 0 Å². The van der Waals surface area contributed by atoms with Crippen molar-refractivity contribution < 1.29 is 0 Å². The smallest absolute Gasteiger partial charge is 0.109 e. The monoisotopic (exact) mass is 390 g/mol. The Balaban J connectivity index is 1.41. The van der Waals surface area contributed by atoms with Gasteiger partial charge in [0.15, 0.2) is 0 Å². The molecule has 0 aromatic carbocycles. The molecule has 0 radical (unpaired) electrons. The minimum Gasteiger partial charge on any atom is -0.296 e. The lowest BCUT2D eigenvalue weighted by Crippen LogP contribution is -2.46. The van der Waals surface area contributed by atoms with Gasteiger partial charge >= 0.3 is 0 Å². The molecule has 1 aliphatic rings. The van der Waals surface area contributed by atoms with Gasteiger partial charge in [0.2, 0.25) is 0 Å². The first-order valence-electron chi connectivity index (χ1n) is 9.47. The lowest BCUT2D eigenvalue weighted by molar-refractivity contribution is 0.0889. The van der Waals surface area contributed by atoms with Gasteiger partial charge in [0.05, 0.1) is 11.6 Å². The van der Waals surface area contributed by atoms with Crippen molar-refractivity contribution in [3.8, 4) is 11.1 Å². The Morgan fingerprint density at radius 1 is 1.14 bits per heavy atom. The van der Waals surface area contributed by atoms with Gasteiger partial charge in [-0.15, -0.1) is 5.10 Å². The average molecular weight is 391 g/mol. The Morgan fingerprint density at radius 3 is 2.93 bits per heavy atom. The molecule has 0 amide bonds. The van der Waals surface area contributed by atoms with Crippen LogP contribution in [0.2, 0.25) is 0 Å². The Hall–Kier alpha value is -2.61. The summed E-state index contributed by atoms with van der Waals surface area (Å²) in [6.07, 6.45) is 5.85. The lowest BCUT2D eigenvalue weighted by atomic mass is 10.1. The van der Waals surface area contributed by atoms with Gasteiger partial charge in [0.1, 0.15) is 5.69 Å². The third kappa shape index (κ3) is 3.32. The Kier molecular flexibility index (Phi) is 4.64. The van der Waals surface area contributed by atoms with Crippen molar-refractivity contribution in [1.29, 1.82) is 0 Å². The molecule has 5 heterocycles. The molecule has 0 N–H and O–H groups in total. The van der Waals surface area contributed by atoms with Crippen LogP contribution < -0.4 is 0 Å². The molecule has 1 aliphatic heterocycles. The van der Waals surface area contributed by atoms with Crippen LogP contribution in [0.5, 0.6) is 0 Å². The maximum absolute atomic E-state index is 4.57. The summed E-state index contributed by atoms with van der Waals surface area (Å²) < 4.78 is 1.91. The van der Waals surface area contributed by atoms with Gasteiger partial charge in [-0.3, -0.25) is 14.8 Å². The summed E-state index contributed by atoms with van der Waals surface area (Å²) >= 11 is 1.71. The number of likely N-dealkylation sites (N-methyl/N-ethyl adjacent to an activating group) is 1. The van der Waals surface area contributed by atoms with Crippen LogP contribution in [-0.4, -0.2) is 56.3 Å². The molecule has 0 bridgehead atoms. The van der Waals surface area contributed by atoms with Gasteiger partial charge in [0.25, 0.3) is 0 Å². The highest BCUT2D eigenvalue weighted by Crippen LogP contribution is 2.28. The van der Waals surface area contributed by atoms with E-state index in [-0.39, 0.29) is 6.04 Å². The van der Waals surface area contributed by atoms with E-state index < -0.39 is 0 Å². The summed E-state index contributed by atoms with van der Waals surface area (Å²) in [6.45, 7) is 3.91. The lowest BCUT2D eigenvalue weighted by Gasteiger charge is -2.38. The number of nitrogens with zero attached hydrogens (tertiary/aromatic N) is 6. The summed E-state index contributed by atoms with van der Waals surface area (Å²) in [5.74, 6) is 0. The average Bonchev–Trinajstić information content (AvgIpc) is 3.40. The van der Waals surface area contributed by atoms with Gasteiger partial charge in [-0.25, -0.2) is 4.52 Å². The molecule has 142 valence electrons. The molecule has 1 fully saturated rings. The van der Waals surface area contributed by atoms with Gasteiger partial charge in [0, 0.05) is 50.3 Å². The van der Waals surface area contributed by atoms with Crippen LogP contribution in [0.4, 0.5) is 0 Å². The van der Waals surface area contributed by atoms with Crippen LogP contribution >= 0.6 is 11.3 Å². The number of rotatable bonds is 4. The second kappa shape index (κ2) is 7.43. The predicted octanol–water partition coefficient (Wildman–Crippen LogP) is 3.34. The normalized spacial score (nSPS) is 18.7. The highest BCUT2D eigenvalue weighted by Gasteiger charge is 2.29.